The lowest BCUT2D eigenvalue weighted by atomic mass is 10.0. The van der Waals surface area contributed by atoms with E-state index in [-0.39, 0.29) is 29.5 Å². The number of aliphatic hydroxyl groups is 1. The van der Waals surface area contributed by atoms with Crippen LogP contribution in [0.5, 0.6) is 0 Å². The highest BCUT2D eigenvalue weighted by molar-refractivity contribution is 5.82. The number of nitrogens with two attached hydrogens (primary N) is 1. The van der Waals surface area contributed by atoms with Crippen molar-refractivity contribution in [1.82, 2.24) is 10.2 Å². The van der Waals surface area contributed by atoms with E-state index in [0.717, 1.165) is 13.1 Å². The molecule has 1 spiro atoms. The molecule has 2 atom stereocenters. The Balaban J connectivity index is 1.99. The van der Waals surface area contributed by atoms with Crippen LogP contribution in [0.2, 0.25) is 0 Å². The van der Waals surface area contributed by atoms with Gasteiger partial charge in [-0.05, 0) is 33.6 Å². The van der Waals surface area contributed by atoms with Crippen molar-refractivity contribution in [1.29, 1.82) is 0 Å². The molecule has 2 rings (SSSR count). The molecule has 1 aliphatic carbocycles. The zero-order valence-corrected chi connectivity index (χ0v) is 11.6. The Morgan fingerprint density at radius 3 is 2.61 bits per heavy atom. The van der Waals surface area contributed by atoms with E-state index in [9.17, 15) is 4.79 Å². The molecule has 0 aromatic heterocycles. The van der Waals surface area contributed by atoms with Crippen molar-refractivity contribution < 1.29 is 9.90 Å². The zero-order valence-electron chi connectivity index (χ0n) is 11.6. The number of carbonyl (C=O) groups excluding carboxylic acids is 1. The number of likely N-dealkylation sites (tertiary alicyclic amines) is 1. The van der Waals surface area contributed by atoms with Crippen LogP contribution in [0.1, 0.15) is 33.6 Å². The minimum Gasteiger partial charge on any atom is -0.394 e. The highest BCUT2D eigenvalue weighted by Crippen LogP contribution is 2.53. The SMILES string of the molecule is CC(C)(C)N1C[C@H](NC(=O)[C@@H](N)CO)C2(CC2)C1. The highest BCUT2D eigenvalue weighted by Gasteiger charge is 2.56. The molecular formula is C13H25N3O2. The summed E-state index contributed by atoms with van der Waals surface area (Å²) in [7, 11) is 0. The van der Waals surface area contributed by atoms with Gasteiger partial charge in [-0.2, -0.15) is 0 Å². The molecule has 1 heterocycles. The molecule has 1 amide bonds. The van der Waals surface area contributed by atoms with Gasteiger partial charge in [-0.3, -0.25) is 9.69 Å². The van der Waals surface area contributed by atoms with E-state index in [2.05, 4.69) is 31.0 Å². The van der Waals surface area contributed by atoms with Crippen molar-refractivity contribution in [2.45, 2.75) is 51.2 Å². The Kier molecular flexibility index (Phi) is 3.42. The summed E-state index contributed by atoms with van der Waals surface area (Å²) in [6.07, 6.45) is 2.36. The number of amides is 1. The van der Waals surface area contributed by atoms with Gasteiger partial charge in [-0.25, -0.2) is 0 Å². The maximum absolute atomic E-state index is 11.8. The summed E-state index contributed by atoms with van der Waals surface area (Å²) in [6, 6.07) is -0.619. The van der Waals surface area contributed by atoms with Crippen LogP contribution >= 0.6 is 0 Å². The summed E-state index contributed by atoms with van der Waals surface area (Å²) in [5.74, 6) is -0.232. The third-order valence-corrected chi connectivity index (χ3v) is 4.34. The second-order valence-electron chi connectivity index (χ2n) is 6.76. The Morgan fingerprint density at radius 2 is 2.17 bits per heavy atom. The lowest BCUT2D eigenvalue weighted by molar-refractivity contribution is -0.124. The van der Waals surface area contributed by atoms with Crippen LogP contribution < -0.4 is 11.1 Å². The number of nitrogens with one attached hydrogen (secondary N) is 1. The molecule has 0 radical (unpaired) electrons. The molecule has 1 saturated heterocycles. The third kappa shape index (κ3) is 2.53. The van der Waals surface area contributed by atoms with Crippen LogP contribution in [0.3, 0.4) is 0 Å². The van der Waals surface area contributed by atoms with Gasteiger partial charge in [0.25, 0.3) is 0 Å². The van der Waals surface area contributed by atoms with Gasteiger partial charge in [0.05, 0.1) is 6.61 Å². The summed E-state index contributed by atoms with van der Waals surface area (Å²) >= 11 is 0. The molecule has 1 aliphatic heterocycles. The largest absolute Gasteiger partial charge is 0.394 e. The average Bonchev–Trinajstić information content (AvgIpc) is 2.95. The average molecular weight is 255 g/mol. The number of carbonyl (C=O) groups is 1. The molecule has 1 saturated carbocycles. The Morgan fingerprint density at radius 1 is 1.56 bits per heavy atom. The van der Waals surface area contributed by atoms with Crippen LogP contribution in [-0.2, 0) is 4.79 Å². The molecule has 5 nitrogen and oxygen atoms in total. The van der Waals surface area contributed by atoms with E-state index >= 15 is 0 Å². The Bertz CT molecular complexity index is 334. The summed E-state index contributed by atoms with van der Waals surface area (Å²) < 4.78 is 0. The first-order chi connectivity index (χ1) is 8.28. The predicted octanol–water partition coefficient (Wildman–Crippen LogP) is -0.315. The number of hydrogen-bond donors (Lipinski definition) is 3. The van der Waals surface area contributed by atoms with Crippen LogP contribution in [0.15, 0.2) is 0 Å². The Hall–Kier alpha value is -0.650. The highest BCUT2D eigenvalue weighted by atomic mass is 16.3. The van der Waals surface area contributed by atoms with Gasteiger partial charge >= 0.3 is 0 Å². The first kappa shape index (κ1) is 13.8. The van der Waals surface area contributed by atoms with Crippen molar-refractivity contribution >= 4 is 5.91 Å². The van der Waals surface area contributed by atoms with E-state index in [4.69, 9.17) is 10.8 Å². The second-order valence-corrected chi connectivity index (χ2v) is 6.76. The third-order valence-electron chi connectivity index (χ3n) is 4.34. The maximum Gasteiger partial charge on any atom is 0.239 e. The van der Waals surface area contributed by atoms with E-state index in [0.29, 0.717) is 0 Å². The minimum absolute atomic E-state index is 0.133. The molecule has 2 aliphatic rings. The van der Waals surface area contributed by atoms with Crippen LogP contribution in [0, 0.1) is 5.41 Å². The number of nitrogens with zero attached hydrogens (tertiary/aromatic N) is 1. The Labute approximate surface area is 109 Å². The molecule has 0 aromatic rings. The smallest absolute Gasteiger partial charge is 0.239 e. The summed E-state index contributed by atoms with van der Waals surface area (Å²) in [4.78, 5) is 14.2. The fourth-order valence-corrected chi connectivity index (χ4v) is 2.71. The normalized spacial score (nSPS) is 28.4. The van der Waals surface area contributed by atoms with Gasteiger partial charge in [0, 0.05) is 30.1 Å². The number of rotatable bonds is 3. The number of aliphatic hydroxyl groups excluding tert-OH is 1. The maximum atomic E-state index is 11.8. The molecular weight excluding hydrogens is 230 g/mol. The van der Waals surface area contributed by atoms with Crippen molar-refractivity contribution in [3.63, 3.8) is 0 Å². The second kappa shape index (κ2) is 4.47. The van der Waals surface area contributed by atoms with Gasteiger partial charge in [-0.1, -0.05) is 0 Å². The predicted molar refractivity (Wildman–Crippen MR) is 70.0 cm³/mol. The molecule has 4 N–H and O–H groups in total. The minimum atomic E-state index is -0.801. The summed E-state index contributed by atoms with van der Waals surface area (Å²) in [5, 5.41) is 11.9. The lowest BCUT2D eigenvalue weighted by Crippen LogP contribution is -2.50. The molecule has 0 unspecified atom stereocenters. The molecule has 0 bridgehead atoms. The molecule has 5 heteroatoms. The van der Waals surface area contributed by atoms with E-state index in [1.54, 1.807) is 0 Å². The molecule has 2 fully saturated rings. The first-order valence-corrected chi connectivity index (χ1v) is 6.70. The van der Waals surface area contributed by atoms with E-state index in [1.165, 1.54) is 12.8 Å². The first-order valence-electron chi connectivity index (χ1n) is 6.70. The van der Waals surface area contributed by atoms with Gasteiger partial charge in [0.2, 0.25) is 5.91 Å². The number of hydrogen-bond acceptors (Lipinski definition) is 4. The van der Waals surface area contributed by atoms with Crippen molar-refractivity contribution in [2.24, 2.45) is 11.1 Å². The van der Waals surface area contributed by atoms with Crippen molar-refractivity contribution in [2.75, 3.05) is 19.7 Å². The topological polar surface area (TPSA) is 78.6 Å². The molecule has 0 aromatic carbocycles. The van der Waals surface area contributed by atoms with Crippen molar-refractivity contribution in [3.05, 3.63) is 0 Å². The standard InChI is InChI=1S/C13H25N3O2/c1-12(2,3)16-6-10(13(8-16)4-5-13)15-11(18)9(14)7-17/h9-10,17H,4-8,14H2,1-3H3,(H,15,18)/t9-,10-/m0/s1. The van der Waals surface area contributed by atoms with Gasteiger partial charge < -0.3 is 16.2 Å². The quantitative estimate of drug-likeness (QED) is 0.646. The fraction of sp³-hybridized carbons (Fsp3) is 0.923. The monoisotopic (exact) mass is 255 g/mol. The van der Waals surface area contributed by atoms with Gasteiger partial charge in [0.15, 0.2) is 0 Å². The van der Waals surface area contributed by atoms with E-state index < -0.39 is 6.04 Å². The van der Waals surface area contributed by atoms with Crippen LogP contribution in [0.25, 0.3) is 0 Å². The van der Waals surface area contributed by atoms with E-state index in [1.807, 2.05) is 0 Å². The van der Waals surface area contributed by atoms with Crippen LogP contribution in [0.4, 0.5) is 0 Å². The van der Waals surface area contributed by atoms with Gasteiger partial charge in [-0.15, -0.1) is 0 Å². The summed E-state index contributed by atoms with van der Waals surface area (Å²) in [6.45, 7) is 8.24. The van der Waals surface area contributed by atoms with Crippen molar-refractivity contribution in [3.8, 4) is 0 Å². The fourth-order valence-electron chi connectivity index (χ4n) is 2.71. The summed E-state index contributed by atoms with van der Waals surface area (Å²) in [5.41, 5.74) is 5.94. The van der Waals surface area contributed by atoms with Crippen LogP contribution in [-0.4, -0.2) is 53.2 Å². The molecule has 104 valence electrons. The van der Waals surface area contributed by atoms with Gasteiger partial charge in [0.1, 0.15) is 6.04 Å². The zero-order chi connectivity index (χ0) is 13.6. The lowest BCUT2D eigenvalue weighted by Gasteiger charge is -2.31. The molecule has 18 heavy (non-hydrogen) atoms.